The van der Waals surface area contributed by atoms with Crippen molar-refractivity contribution in [2.45, 2.75) is 44.7 Å². The summed E-state index contributed by atoms with van der Waals surface area (Å²) < 4.78 is 58.4. The highest BCUT2D eigenvalue weighted by Gasteiger charge is 2.46. The fraction of sp³-hybridized carbons (Fsp3) is 0.360. The maximum Gasteiger partial charge on any atom is 0.277 e. The van der Waals surface area contributed by atoms with Crippen molar-refractivity contribution in [2.24, 2.45) is 7.05 Å². The van der Waals surface area contributed by atoms with Gasteiger partial charge >= 0.3 is 0 Å². The average molecular weight is 516 g/mol. The Balaban J connectivity index is 1.66. The summed E-state index contributed by atoms with van der Waals surface area (Å²) in [5, 5.41) is 10.7. The molecule has 0 saturated heterocycles. The van der Waals surface area contributed by atoms with Crippen LogP contribution in [-0.2, 0) is 12.6 Å². The summed E-state index contributed by atoms with van der Waals surface area (Å²) >= 11 is 0. The number of aryl methyl sites for hydroxylation is 2. The maximum atomic E-state index is 14.8. The van der Waals surface area contributed by atoms with Crippen molar-refractivity contribution < 1.29 is 17.6 Å². The number of rotatable bonds is 8. The highest BCUT2D eigenvalue weighted by Crippen LogP contribution is 2.44. The molecule has 1 fully saturated rings. The average Bonchev–Trinajstić information content (AvgIpc) is 3.54. The molecule has 1 aromatic carbocycles. The number of pyridine rings is 1. The Bertz CT molecular complexity index is 1540. The van der Waals surface area contributed by atoms with E-state index in [1.54, 1.807) is 38.0 Å². The van der Waals surface area contributed by atoms with Crippen molar-refractivity contribution >= 4 is 28.1 Å². The molecular weight excluding hydrogens is 490 g/mol. The first-order valence-electron chi connectivity index (χ1n) is 11.7. The number of nitrogens with zero attached hydrogens (tertiary/aromatic N) is 5. The molecule has 194 valence electrons. The maximum absolute atomic E-state index is 14.8. The Morgan fingerprint density at radius 1 is 1.16 bits per heavy atom. The fourth-order valence-corrected chi connectivity index (χ4v) is 4.45. The van der Waals surface area contributed by atoms with Crippen LogP contribution in [0.15, 0.2) is 41.6 Å². The van der Waals surface area contributed by atoms with Crippen LogP contribution in [0, 0.1) is 12.7 Å². The first-order chi connectivity index (χ1) is 17.6. The Hall–Kier alpha value is -3.96. The van der Waals surface area contributed by atoms with Crippen LogP contribution in [0.5, 0.6) is 0 Å². The molecule has 3 heterocycles. The van der Waals surface area contributed by atoms with Gasteiger partial charge in [-0.3, -0.25) is 9.48 Å². The number of benzene rings is 1. The first kappa shape index (κ1) is 24.7. The molecule has 3 aromatic heterocycles. The predicted octanol–water partition coefficient (Wildman–Crippen LogP) is 5.29. The normalized spacial score (nSPS) is 15.2. The zero-order valence-corrected chi connectivity index (χ0v) is 20.4. The third-order valence-corrected chi connectivity index (χ3v) is 6.66. The molecule has 1 aliphatic rings. The van der Waals surface area contributed by atoms with Crippen molar-refractivity contribution in [3.63, 3.8) is 0 Å². The van der Waals surface area contributed by atoms with Crippen LogP contribution in [0.25, 0.3) is 10.9 Å². The van der Waals surface area contributed by atoms with Gasteiger partial charge in [0, 0.05) is 25.0 Å². The van der Waals surface area contributed by atoms with E-state index in [9.17, 15) is 22.4 Å². The van der Waals surface area contributed by atoms with Gasteiger partial charge in [-0.2, -0.15) is 5.10 Å². The highest BCUT2D eigenvalue weighted by molar-refractivity contribution is 5.97. The molecule has 0 aliphatic heterocycles. The second-order valence-electron chi connectivity index (χ2n) is 9.36. The molecule has 0 amide bonds. The molecule has 0 spiro atoms. The lowest BCUT2D eigenvalue weighted by Gasteiger charge is -2.22. The minimum Gasteiger partial charge on any atom is -0.363 e. The standard InChI is InChI=1S/C25H25F4N7O/c1-13(16-5-4-6-17(19(16)27)22(28)29)31-23-18-11-36(25(12-26)7-8-25)24(37)21(20(18)32-14(2)33-23)34-15-9-30-35(3)10-15/h4-6,9-11,13,22,34H,7-8,12H2,1-3H3,(H,31,32,33)/t13-/m1/s1. The lowest BCUT2D eigenvalue weighted by atomic mass is 10.0. The van der Waals surface area contributed by atoms with Crippen molar-refractivity contribution in [2.75, 3.05) is 17.3 Å². The number of aromatic nitrogens is 5. The van der Waals surface area contributed by atoms with Crippen molar-refractivity contribution in [3.05, 3.63) is 69.9 Å². The van der Waals surface area contributed by atoms with Crippen LogP contribution < -0.4 is 16.2 Å². The quantitative estimate of drug-likeness (QED) is 0.310. The van der Waals surface area contributed by atoms with Crippen LogP contribution in [0.3, 0.4) is 0 Å². The van der Waals surface area contributed by atoms with E-state index in [2.05, 4.69) is 25.7 Å². The minimum absolute atomic E-state index is 0.0340. The summed E-state index contributed by atoms with van der Waals surface area (Å²) in [4.78, 5) is 22.5. The zero-order chi connectivity index (χ0) is 26.5. The second-order valence-corrected chi connectivity index (χ2v) is 9.36. The molecule has 37 heavy (non-hydrogen) atoms. The van der Waals surface area contributed by atoms with E-state index >= 15 is 0 Å². The number of nitrogens with one attached hydrogen (secondary N) is 2. The van der Waals surface area contributed by atoms with Crippen LogP contribution in [0.4, 0.5) is 34.8 Å². The summed E-state index contributed by atoms with van der Waals surface area (Å²) in [5.74, 6) is -0.422. The van der Waals surface area contributed by atoms with E-state index in [0.29, 0.717) is 29.7 Å². The van der Waals surface area contributed by atoms with Crippen molar-refractivity contribution in [1.82, 2.24) is 24.3 Å². The third-order valence-electron chi connectivity index (χ3n) is 6.66. The predicted molar refractivity (Wildman–Crippen MR) is 132 cm³/mol. The molecule has 0 unspecified atom stereocenters. The Morgan fingerprint density at radius 2 is 1.89 bits per heavy atom. The molecular formula is C25H25F4N7O. The number of hydrogen-bond acceptors (Lipinski definition) is 6. The minimum atomic E-state index is -2.96. The van der Waals surface area contributed by atoms with E-state index in [1.165, 1.54) is 22.9 Å². The highest BCUT2D eigenvalue weighted by atomic mass is 19.3. The summed E-state index contributed by atoms with van der Waals surface area (Å²) in [7, 11) is 1.73. The second kappa shape index (κ2) is 9.16. The lowest BCUT2D eigenvalue weighted by molar-refractivity contribution is 0.146. The van der Waals surface area contributed by atoms with E-state index in [1.807, 2.05) is 0 Å². The molecule has 8 nitrogen and oxygen atoms in total. The molecule has 4 aromatic rings. The number of hydrogen-bond donors (Lipinski definition) is 2. The molecule has 1 atom stereocenters. The van der Waals surface area contributed by atoms with Gasteiger partial charge in [-0.25, -0.2) is 27.5 Å². The van der Waals surface area contributed by atoms with Crippen LogP contribution >= 0.6 is 0 Å². The van der Waals surface area contributed by atoms with E-state index in [-0.39, 0.29) is 22.6 Å². The van der Waals surface area contributed by atoms with E-state index in [4.69, 9.17) is 0 Å². The van der Waals surface area contributed by atoms with Gasteiger partial charge in [0.15, 0.2) is 0 Å². The van der Waals surface area contributed by atoms with Gasteiger partial charge in [-0.15, -0.1) is 0 Å². The summed E-state index contributed by atoms with van der Waals surface area (Å²) in [6.45, 7) is 2.53. The van der Waals surface area contributed by atoms with Crippen LogP contribution in [0.1, 0.15) is 49.2 Å². The number of alkyl halides is 3. The summed E-state index contributed by atoms with van der Waals surface area (Å²) in [6, 6.07) is 3.07. The largest absolute Gasteiger partial charge is 0.363 e. The molecule has 0 radical (unpaired) electrons. The van der Waals surface area contributed by atoms with E-state index in [0.717, 1.165) is 6.07 Å². The molecule has 12 heteroatoms. The molecule has 1 aliphatic carbocycles. The fourth-order valence-electron chi connectivity index (χ4n) is 4.45. The molecule has 1 saturated carbocycles. The van der Waals surface area contributed by atoms with Crippen LogP contribution in [-0.4, -0.2) is 31.0 Å². The van der Waals surface area contributed by atoms with Crippen LogP contribution in [0.2, 0.25) is 0 Å². The Kier molecular flexibility index (Phi) is 6.12. The zero-order valence-electron chi connectivity index (χ0n) is 20.4. The topological polar surface area (TPSA) is 89.7 Å². The number of anilines is 3. The monoisotopic (exact) mass is 515 g/mol. The van der Waals surface area contributed by atoms with Gasteiger partial charge in [-0.1, -0.05) is 18.2 Å². The van der Waals surface area contributed by atoms with Crippen molar-refractivity contribution in [3.8, 4) is 0 Å². The van der Waals surface area contributed by atoms with Gasteiger partial charge in [0.1, 0.15) is 35.3 Å². The SMILES string of the molecule is Cc1nc(N[C@H](C)c2cccc(C(F)F)c2F)c2cn(C3(CF)CC3)c(=O)c(Nc3cnn(C)c3)c2n1. The van der Waals surface area contributed by atoms with Crippen molar-refractivity contribution in [1.29, 1.82) is 0 Å². The van der Waals surface area contributed by atoms with Gasteiger partial charge in [-0.05, 0) is 26.7 Å². The van der Waals surface area contributed by atoms with Gasteiger partial charge < -0.3 is 15.2 Å². The molecule has 2 N–H and O–H groups in total. The van der Waals surface area contributed by atoms with Gasteiger partial charge in [0.25, 0.3) is 12.0 Å². The first-order valence-corrected chi connectivity index (χ1v) is 11.7. The number of fused-ring (bicyclic) bond motifs is 1. The molecule has 0 bridgehead atoms. The molecule has 5 rings (SSSR count). The Labute approximate surface area is 209 Å². The summed E-state index contributed by atoms with van der Waals surface area (Å²) in [5.41, 5.74) is -1.12. The van der Waals surface area contributed by atoms with Gasteiger partial charge in [0.2, 0.25) is 0 Å². The number of halogens is 4. The Morgan fingerprint density at radius 3 is 2.51 bits per heavy atom. The third kappa shape index (κ3) is 4.40. The smallest absolute Gasteiger partial charge is 0.277 e. The summed E-state index contributed by atoms with van der Waals surface area (Å²) in [6.07, 6.45) is 2.77. The van der Waals surface area contributed by atoms with Gasteiger partial charge in [0.05, 0.1) is 34.4 Å². The lowest BCUT2D eigenvalue weighted by Crippen LogP contribution is -2.33. The van der Waals surface area contributed by atoms with E-state index < -0.39 is 41.6 Å².